The second kappa shape index (κ2) is 9.49. The quantitative estimate of drug-likeness (QED) is 0.407. The Morgan fingerprint density at radius 3 is 2.43 bits per heavy atom. The Hall–Kier alpha value is -3.26. The van der Waals surface area contributed by atoms with Gasteiger partial charge in [-0.05, 0) is 23.3 Å². The van der Waals surface area contributed by atoms with Gasteiger partial charge in [0.2, 0.25) is 5.82 Å². The summed E-state index contributed by atoms with van der Waals surface area (Å²) in [4.78, 5) is 37.4. The van der Waals surface area contributed by atoms with Crippen molar-refractivity contribution in [2.24, 2.45) is 0 Å². The molecule has 2 aromatic carbocycles. The Balaban J connectivity index is 2.05. The summed E-state index contributed by atoms with van der Waals surface area (Å²) >= 11 is 3.39. The largest absolute Gasteiger partial charge is 0.466 e. The van der Waals surface area contributed by atoms with Crippen LogP contribution in [0.25, 0.3) is 6.08 Å². The first-order valence-corrected chi connectivity index (χ1v) is 9.77. The summed E-state index contributed by atoms with van der Waals surface area (Å²) < 4.78 is 21.7. The van der Waals surface area contributed by atoms with Crippen LogP contribution in [0.3, 0.4) is 0 Å². The highest BCUT2D eigenvalue weighted by molar-refractivity contribution is 9.10. The van der Waals surface area contributed by atoms with Gasteiger partial charge in [-0.3, -0.25) is 13.9 Å². The summed E-state index contributed by atoms with van der Waals surface area (Å²) in [6.45, 7) is -0.351. The lowest BCUT2D eigenvalue weighted by molar-refractivity contribution is -0.136. The maximum absolute atomic E-state index is 14.3. The Morgan fingerprint density at radius 2 is 1.77 bits per heavy atom. The first-order valence-electron chi connectivity index (χ1n) is 8.98. The fourth-order valence-corrected chi connectivity index (χ4v) is 3.30. The predicted octanol–water partition coefficient (Wildman–Crippen LogP) is 3.22. The number of benzene rings is 2. The third-order valence-corrected chi connectivity index (χ3v) is 5.12. The molecule has 3 aromatic rings. The van der Waals surface area contributed by atoms with Crippen molar-refractivity contribution < 1.29 is 13.9 Å². The van der Waals surface area contributed by atoms with Crippen molar-refractivity contribution in [2.75, 3.05) is 7.11 Å². The second-order valence-electron chi connectivity index (χ2n) is 6.45. The molecule has 0 aliphatic heterocycles. The lowest BCUT2D eigenvalue weighted by Crippen LogP contribution is -2.42. The minimum Gasteiger partial charge on any atom is -0.466 e. The number of halogens is 2. The third kappa shape index (κ3) is 4.83. The number of aromatic nitrogens is 2. The first kappa shape index (κ1) is 21.4. The fraction of sp³-hybridized carbons (Fsp3) is 0.136. The molecule has 1 aromatic heterocycles. The molecule has 0 aliphatic rings. The summed E-state index contributed by atoms with van der Waals surface area (Å²) in [6.07, 6.45) is 2.36. The lowest BCUT2D eigenvalue weighted by atomic mass is 10.1. The van der Waals surface area contributed by atoms with Gasteiger partial charge in [-0.1, -0.05) is 64.5 Å². The summed E-state index contributed by atoms with van der Waals surface area (Å²) in [5.41, 5.74) is -0.271. The number of methoxy groups -OCH3 is 1. The zero-order valence-corrected chi connectivity index (χ0v) is 17.6. The zero-order valence-electron chi connectivity index (χ0n) is 16.0. The van der Waals surface area contributed by atoms with Crippen LogP contribution in [-0.2, 0) is 22.6 Å². The topological polar surface area (TPSA) is 70.3 Å². The average Bonchev–Trinajstić information content (AvgIpc) is 2.76. The summed E-state index contributed by atoms with van der Waals surface area (Å²) in [5.74, 6) is -1.76. The molecule has 0 saturated carbocycles. The third-order valence-electron chi connectivity index (χ3n) is 4.40. The highest BCUT2D eigenvalue weighted by atomic mass is 79.9. The lowest BCUT2D eigenvalue weighted by Gasteiger charge is -2.12. The van der Waals surface area contributed by atoms with Crippen LogP contribution in [0.2, 0.25) is 0 Å². The molecule has 0 unspecified atom stereocenters. The van der Waals surface area contributed by atoms with E-state index >= 15 is 0 Å². The number of carbonyl (C=O) groups is 1. The molecule has 1 heterocycles. The highest BCUT2D eigenvalue weighted by Gasteiger charge is 2.17. The fourth-order valence-electron chi connectivity index (χ4n) is 2.90. The van der Waals surface area contributed by atoms with E-state index in [9.17, 15) is 18.8 Å². The molecular weight excluding hydrogens is 455 g/mol. The van der Waals surface area contributed by atoms with Gasteiger partial charge in [-0.25, -0.2) is 9.59 Å². The number of esters is 1. The molecule has 0 saturated heterocycles. The van der Waals surface area contributed by atoms with E-state index in [0.717, 1.165) is 19.8 Å². The normalized spacial score (nSPS) is 11.4. The van der Waals surface area contributed by atoms with Crippen LogP contribution in [0, 0.1) is 5.82 Å². The SMILES string of the molecule is COC(=O)/C(=C/c1ccccc1Br)Cn1cc(F)c(=O)n(Cc2ccccc2)c1=O. The van der Waals surface area contributed by atoms with Gasteiger partial charge in [0.1, 0.15) is 0 Å². The molecule has 3 rings (SSSR count). The zero-order chi connectivity index (χ0) is 21.7. The van der Waals surface area contributed by atoms with Crippen molar-refractivity contribution in [3.8, 4) is 0 Å². The molecular formula is C22H18BrFN2O4. The standard InChI is InChI=1S/C22H18BrFN2O4/c1-30-21(28)17(11-16-9-5-6-10-18(16)23)13-25-14-19(24)20(27)26(22(25)29)12-15-7-3-2-4-8-15/h2-11,14H,12-13H2,1H3/b17-11+. The second-order valence-corrected chi connectivity index (χ2v) is 7.30. The minimum atomic E-state index is -1.09. The van der Waals surface area contributed by atoms with Crippen molar-refractivity contribution in [2.45, 2.75) is 13.1 Å². The number of nitrogens with zero attached hydrogens (tertiary/aromatic N) is 2. The number of ether oxygens (including phenoxy) is 1. The molecule has 0 atom stereocenters. The molecule has 6 nitrogen and oxygen atoms in total. The number of hydrogen-bond acceptors (Lipinski definition) is 4. The number of rotatable bonds is 6. The van der Waals surface area contributed by atoms with Crippen molar-refractivity contribution in [1.82, 2.24) is 9.13 Å². The van der Waals surface area contributed by atoms with E-state index in [1.54, 1.807) is 54.6 Å². The molecule has 0 fully saturated rings. The number of hydrogen-bond donors (Lipinski definition) is 0. The average molecular weight is 473 g/mol. The van der Waals surface area contributed by atoms with Crippen LogP contribution >= 0.6 is 15.9 Å². The van der Waals surface area contributed by atoms with Crippen LogP contribution in [0.1, 0.15) is 11.1 Å². The monoisotopic (exact) mass is 472 g/mol. The predicted molar refractivity (Wildman–Crippen MR) is 115 cm³/mol. The molecule has 154 valence electrons. The molecule has 0 spiro atoms. The van der Waals surface area contributed by atoms with E-state index in [1.165, 1.54) is 7.11 Å². The van der Waals surface area contributed by atoms with Gasteiger partial charge in [-0.2, -0.15) is 4.39 Å². The first-order chi connectivity index (χ1) is 14.4. The van der Waals surface area contributed by atoms with Gasteiger partial charge < -0.3 is 4.74 Å². The molecule has 0 radical (unpaired) electrons. The van der Waals surface area contributed by atoms with Gasteiger partial charge in [0, 0.05) is 4.47 Å². The summed E-state index contributed by atoms with van der Waals surface area (Å²) in [6, 6.07) is 15.9. The Kier molecular flexibility index (Phi) is 6.79. The van der Waals surface area contributed by atoms with Crippen molar-refractivity contribution >= 4 is 28.0 Å². The van der Waals surface area contributed by atoms with Crippen molar-refractivity contribution in [3.63, 3.8) is 0 Å². The van der Waals surface area contributed by atoms with Gasteiger partial charge in [-0.15, -0.1) is 0 Å². The van der Waals surface area contributed by atoms with Crippen LogP contribution < -0.4 is 11.2 Å². The maximum Gasteiger partial charge on any atom is 0.335 e. The van der Waals surface area contributed by atoms with Crippen molar-refractivity contribution in [3.05, 3.63) is 109 Å². The van der Waals surface area contributed by atoms with Crippen LogP contribution in [0.5, 0.6) is 0 Å². The molecule has 0 aliphatic carbocycles. The van der Waals surface area contributed by atoms with E-state index in [0.29, 0.717) is 11.1 Å². The molecule has 0 N–H and O–H groups in total. The van der Waals surface area contributed by atoms with Crippen LogP contribution in [-0.4, -0.2) is 22.2 Å². The van der Waals surface area contributed by atoms with Gasteiger partial charge in [0.05, 0.1) is 32.0 Å². The Morgan fingerprint density at radius 1 is 1.10 bits per heavy atom. The van der Waals surface area contributed by atoms with Crippen molar-refractivity contribution in [1.29, 1.82) is 0 Å². The van der Waals surface area contributed by atoms with E-state index in [1.807, 2.05) is 6.07 Å². The number of carbonyl (C=O) groups excluding carboxylic acids is 1. The maximum atomic E-state index is 14.3. The minimum absolute atomic E-state index is 0.0855. The molecule has 0 amide bonds. The summed E-state index contributed by atoms with van der Waals surface area (Å²) in [7, 11) is 1.22. The van der Waals surface area contributed by atoms with E-state index in [4.69, 9.17) is 4.74 Å². The van der Waals surface area contributed by atoms with E-state index in [-0.39, 0.29) is 18.7 Å². The van der Waals surface area contributed by atoms with Crippen LogP contribution in [0.4, 0.5) is 4.39 Å². The highest BCUT2D eigenvalue weighted by Crippen LogP contribution is 2.20. The van der Waals surface area contributed by atoms with E-state index in [2.05, 4.69) is 15.9 Å². The Bertz CT molecular complexity index is 1220. The smallest absolute Gasteiger partial charge is 0.335 e. The summed E-state index contributed by atoms with van der Waals surface area (Å²) in [5, 5.41) is 0. The van der Waals surface area contributed by atoms with E-state index < -0.39 is 23.0 Å². The Labute approximate surface area is 180 Å². The van der Waals surface area contributed by atoms with Crippen LogP contribution in [0.15, 0.2) is 80.4 Å². The molecule has 30 heavy (non-hydrogen) atoms. The van der Waals surface area contributed by atoms with Gasteiger partial charge in [0.15, 0.2) is 0 Å². The molecule has 0 bridgehead atoms. The van der Waals surface area contributed by atoms with Gasteiger partial charge in [0.25, 0.3) is 5.56 Å². The molecule has 8 heteroatoms. The van der Waals surface area contributed by atoms with Gasteiger partial charge >= 0.3 is 11.7 Å².